The van der Waals surface area contributed by atoms with Gasteiger partial charge in [-0.25, -0.2) is 0 Å². The number of benzene rings is 2. The Morgan fingerprint density at radius 2 is 2.10 bits per heavy atom. The molecular formula is C16H15BrN2O2. The maximum Gasteiger partial charge on any atom is 0.138 e. The number of halogens is 1. The molecule has 0 bridgehead atoms. The lowest BCUT2D eigenvalue weighted by Crippen LogP contribution is -2.03. The van der Waals surface area contributed by atoms with Gasteiger partial charge in [-0.05, 0) is 39.7 Å². The van der Waals surface area contributed by atoms with Crippen molar-refractivity contribution in [1.29, 1.82) is 5.26 Å². The van der Waals surface area contributed by atoms with Crippen molar-refractivity contribution in [3.8, 4) is 17.6 Å². The minimum Gasteiger partial charge on any atom is -0.495 e. The summed E-state index contributed by atoms with van der Waals surface area (Å²) >= 11 is 3.46. The predicted molar refractivity (Wildman–Crippen MR) is 84.1 cm³/mol. The zero-order valence-corrected chi connectivity index (χ0v) is 13.2. The Hall–Kier alpha value is -2.03. The number of nitrogens with two attached hydrogens (primary N) is 1. The van der Waals surface area contributed by atoms with Crippen molar-refractivity contribution in [1.82, 2.24) is 0 Å². The molecule has 0 radical (unpaired) electrons. The third-order valence-electron chi connectivity index (χ3n) is 3.04. The van der Waals surface area contributed by atoms with Crippen LogP contribution >= 0.6 is 15.9 Å². The van der Waals surface area contributed by atoms with Gasteiger partial charge < -0.3 is 15.2 Å². The summed E-state index contributed by atoms with van der Waals surface area (Å²) in [5.74, 6) is 1.29. The number of methoxy groups -OCH3 is 1. The molecule has 0 aliphatic rings. The van der Waals surface area contributed by atoms with E-state index < -0.39 is 0 Å². The second-order valence-corrected chi connectivity index (χ2v) is 5.22. The molecule has 2 aromatic carbocycles. The van der Waals surface area contributed by atoms with E-state index >= 15 is 0 Å². The number of para-hydroxylation sites is 1. The van der Waals surface area contributed by atoms with Crippen LogP contribution in [0.2, 0.25) is 0 Å². The molecule has 5 heteroatoms. The molecule has 0 aliphatic heterocycles. The van der Waals surface area contributed by atoms with Crippen LogP contribution in [0.15, 0.2) is 40.9 Å². The highest BCUT2D eigenvalue weighted by molar-refractivity contribution is 9.10. The van der Waals surface area contributed by atoms with Crippen LogP contribution in [0.5, 0.6) is 11.5 Å². The zero-order chi connectivity index (χ0) is 15.2. The lowest BCUT2D eigenvalue weighted by atomic mass is 10.1. The van der Waals surface area contributed by atoms with Crippen molar-refractivity contribution in [2.45, 2.75) is 13.2 Å². The van der Waals surface area contributed by atoms with E-state index in [1.165, 1.54) is 0 Å². The Balaban J connectivity index is 2.19. The van der Waals surface area contributed by atoms with Crippen LogP contribution in [-0.2, 0) is 13.2 Å². The molecule has 4 nitrogen and oxygen atoms in total. The second kappa shape index (κ2) is 7.11. The highest BCUT2D eigenvalue weighted by Crippen LogP contribution is 2.30. The topological polar surface area (TPSA) is 68.3 Å². The van der Waals surface area contributed by atoms with Gasteiger partial charge in [0.1, 0.15) is 24.2 Å². The molecule has 0 spiro atoms. The normalized spacial score (nSPS) is 10.0. The Labute approximate surface area is 132 Å². The van der Waals surface area contributed by atoms with E-state index in [0.717, 1.165) is 21.3 Å². The van der Waals surface area contributed by atoms with Gasteiger partial charge in [-0.1, -0.05) is 18.2 Å². The SMILES string of the molecule is COc1cc(COc2c(Br)cccc2CN)ccc1C#N. The first-order valence-corrected chi connectivity index (χ1v) is 7.16. The highest BCUT2D eigenvalue weighted by Gasteiger charge is 2.09. The van der Waals surface area contributed by atoms with E-state index in [0.29, 0.717) is 24.5 Å². The third-order valence-corrected chi connectivity index (χ3v) is 3.66. The van der Waals surface area contributed by atoms with Crippen LogP contribution in [-0.4, -0.2) is 7.11 Å². The van der Waals surface area contributed by atoms with Gasteiger partial charge >= 0.3 is 0 Å². The summed E-state index contributed by atoms with van der Waals surface area (Å²) < 4.78 is 11.9. The maximum atomic E-state index is 8.97. The van der Waals surface area contributed by atoms with Crippen LogP contribution in [0.25, 0.3) is 0 Å². The molecule has 0 atom stereocenters. The standard InChI is InChI=1S/C16H15BrN2O2/c1-20-15-7-11(5-6-12(15)8-18)10-21-16-13(9-19)3-2-4-14(16)17/h2-7H,9-10,19H2,1H3. The summed E-state index contributed by atoms with van der Waals surface area (Å²) in [5.41, 5.74) is 8.08. The van der Waals surface area contributed by atoms with Crippen molar-refractivity contribution in [2.24, 2.45) is 5.73 Å². The van der Waals surface area contributed by atoms with E-state index in [1.54, 1.807) is 19.2 Å². The highest BCUT2D eigenvalue weighted by atomic mass is 79.9. The molecule has 108 valence electrons. The van der Waals surface area contributed by atoms with E-state index in [1.807, 2.05) is 24.3 Å². The van der Waals surface area contributed by atoms with E-state index in [9.17, 15) is 0 Å². The molecule has 2 N–H and O–H groups in total. The van der Waals surface area contributed by atoms with Gasteiger partial charge in [0.2, 0.25) is 0 Å². The Kier molecular flexibility index (Phi) is 5.20. The Bertz CT molecular complexity index is 680. The molecule has 21 heavy (non-hydrogen) atoms. The van der Waals surface area contributed by atoms with Crippen LogP contribution in [0.1, 0.15) is 16.7 Å². The number of hydrogen-bond acceptors (Lipinski definition) is 4. The number of rotatable bonds is 5. The number of hydrogen-bond donors (Lipinski definition) is 1. The molecule has 0 fully saturated rings. The van der Waals surface area contributed by atoms with Gasteiger partial charge in [-0.2, -0.15) is 5.26 Å². The zero-order valence-electron chi connectivity index (χ0n) is 11.6. The molecule has 0 amide bonds. The van der Waals surface area contributed by atoms with Gasteiger partial charge in [0.25, 0.3) is 0 Å². The average Bonchev–Trinajstić information content (AvgIpc) is 2.53. The first-order valence-electron chi connectivity index (χ1n) is 6.37. The Morgan fingerprint density at radius 1 is 1.29 bits per heavy atom. The van der Waals surface area contributed by atoms with Crippen molar-refractivity contribution >= 4 is 15.9 Å². The third kappa shape index (κ3) is 3.54. The van der Waals surface area contributed by atoms with Gasteiger partial charge in [-0.15, -0.1) is 0 Å². The minimum atomic E-state index is 0.373. The molecule has 0 saturated carbocycles. The van der Waals surface area contributed by atoms with E-state index in [-0.39, 0.29) is 0 Å². The summed E-state index contributed by atoms with van der Waals surface area (Å²) in [6.07, 6.45) is 0. The van der Waals surface area contributed by atoms with E-state index in [2.05, 4.69) is 22.0 Å². The van der Waals surface area contributed by atoms with Crippen molar-refractivity contribution in [2.75, 3.05) is 7.11 Å². The number of nitrogens with zero attached hydrogens (tertiary/aromatic N) is 1. The monoisotopic (exact) mass is 346 g/mol. The molecule has 0 aliphatic carbocycles. The van der Waals surface area contributed by atoms with Crippen LogP contribution < -0.4 is 15.2 Å². The van der Waals surface area contributed by atoms with Crippen LogP contribution in [0, 0.1) is 11.3 Å². The summed E-state index contributed by atoms with van der Waals surface area (Å²) in [6.45, 7) is 0.781. The van der Waals surface area contributed by atoms with Crippen molar-refractivity contribution < 1.29 is 9.47 Å². The summed E-state index contributed by atoms with van der Waals surface area (Å²) in [5, 5.41) is 8.97. The molecule has 2 rings (SSSR count). The smallest absolute Gasteiger partial charge is 0.138 e. The van der Waals surface area contributed by atoms with Crippen molar-refractivity contribution in [3.05, 3.63) is 57.6 Å². The van der Waals surface area contributed by atoms with Crippen molar-refractivity contribution in [3.63, 3.8) is 0 Å². The molecule has 0 aromatic heterocycles. The summed E-state index contributed by atoms with van der Waals surface area (Å²) in [7, 11) is 1.54. The van der Waals surface area contributed by atoms with Gasteiger partial charge in [0, 0.05) is 12.1 Å². The van der Waals surface area contributed by atoms with Gasteiger partial charge in [-0.3, -0.25) is 0 Å². The fraction of sp³-hybridized carbons (Fsp3) is 0.188. The number of ether oxygens (including phenoxy) is 2. The first-order chi connectivity index (χ1) is 10.2. The molecular weight excluding hydrogens is 332 g/mol. The Morgan fingerprint density at radius 3 is 2.76 bits per heavy atom. The maximum absolute atomic E-state index is 8.97. The molecule has 0 saturated heterocycles. The van der Waals surface area contributed by atoms with Crippen LogP contribution in [0.4, 0.5) is 0 Å². The molecule has 2 aromatic rings. The minimum absolute atomic E-state index is 0.373. The number of nitriles is 1. The fourth-order valence-corrected chi connectivity index (χ4v) is 2.47. The first kappa shape index (κ1) is 15.4. The lowest BCUT2D eigenvalue weighted by Gasteiger charge is -2.13. The van der Waals surface area contributed by atoms with Gasteiger partial charge in [0.05, 0.1) is 17.1 Å². The molecule has 0 heterocycles. The lowest BCUT2D eigenvalue weighted by molar-refractivity contribution is 0.300. The fourth-order valence-electron chi connectivity index (χ4n) is 1.95. The van der Waals surface area contributed by atoms with E-state index in [4.69, 9.17) is 20.5 Å². The average molecular weight is 347 g/mol. The summed E-state index contributed by atoms with van der Waals surface area (Å²) in [6, 6.07) is 13.2. The largest absolute Gasteiger partial charge is 0.495 e. The van der Waals surface area contributed by atoms with Crippen LogP contribution in [0.3, 0.4) is 0 Å². The second-order valence-electron chi connectivity index (χ2n) is 4.37. The quantitative estimate of drug-likeness (QED) is 0.901. The predicted octanol–water partition coefficient (Wildman–Crippen LogP) is 3.37. The molecule has 0 unspecified atom stereocenters. The summed E-state index contributed by atoms with van der Waals surface area (Å²) in [4.78, 5) is 0. The van der Waals surface area contributed by atoms with Gasteiger partial charge in [0.15, 0.2) is 0 Å².